The Kier molecular flexibility index (Phi) is 7.61. The molecule has 3 aromatic heterocycles. The van der Waals surface area contributed by atoms with Crippen LogP contribution in [0.25, 0.3) is 32.2 Å². The van der Waals surface area contributed by atoms with E-state index in [4.69, 9.17) is 14.2 Å². The normalized spacial score (nSPS) is 18.3. The lowest BCUT2D eigenvalue weighted by Gasteiger charge is -2.23. The van der Waals surface area contributed by atoms with E-state index in [1.807, 2.05) is 25.1 Å². The van der Waals surface area contributed by atoms with Crippen LogP contribution in [0.4, 0.5) is 24.5 Å². The molecule has 0 radical (unpaired) electrons. The summed E-state index contributed by atoms with van der Waals surface area (Å²) >= 11 is 0.854. The van der Waals surface area contributed by atoms with Gasteiger partial charge in [0.15, 0.2) is 11.6 Å². The Balaban J connectivity index is 1.52. The number of pyridine rings is 1. The number of ether oxygens (including phenoxy) is 3. The van der Waals surface area contributed by atoms with Crippen molar-refractivity contribution in [2.45, 2.75) is 51.7 Å². The molecule has 1 saturated heterocycles. The average Bonchev–Trinajstić information content (AvgIpc) is 3.70. The number of likely N-dealkylation sites (N-methyl/N-ethyl adjacent to an activating group) is 1. The van der Waals surface area contributed by atoms with Crippen LogP contribution in [-0.2, 0) is 27.4 Å². The number of carbonyl (C=O) groups excluding carboxylic acids is 1. The zero-order valence-corrected chi connectivity index (χ0v) is 25.9. The van der Waals surface area contributed by atoms with E-state index in [-0.39, 0.29) is 62.8 Å². The number of fused-ring (bicyclic) bond motifs is 4. The summed E-state index contributed by atoms with van der Waals surface area (Å²) in [6.45, 7) is 6.50. The number of hydrogen-bond donors (Lipinski definition) is 1. The smallest absolute Gasteiger partial charge is 0.412 e. The number of nitrogens with one attached hydrogen (secondary N) is 1. The summed E-state index contributed by atoms with van der Waals surface area (Å²) in [6.07, 6.45) is 1.70. The third kappa shape index (κ3) is 5.09. The topological polar surface area (TPSA) is 126 Å². The molecule has 0 spiro atoms. The minimum absolute atomic E-state index is 0.0468. The molecule has 1 N–H and O–H groups in total. The number of nitrogens with zero attached hydrogens (tertiary/aromatic N) is 6. The SMILES string of the molecule is CO[C@H]1CN(c2ncc3c4c(c(-c5ncc(F)c6sc(NC(=O)OC(C)(C)C)c(C#N)c56)c(F)c3n2)COC4)C[C@H]1N(C)C. The Morgan fingerprint density at radius 2 is 1.95 bits per heavy atom. The Labute approximate surface area is 256 Å². The second kappa shape index (κ2) is 11.2. The highest BCUT2D eigenvalue weighted by Gasteiger charge is 2.36. The van der Waals surface area contributed by atoms with E-state index in [1.54, 1.807) is 34.1 Å². The molecule has 0 saturated carbocycles. The number of rotatable bonds is 5. The van der Waals surface area contributed by atoms with Crippen LogP contribution >= 0.6 is 11.3 Å². The third-order valence-corrected chi connectivity index (χ3v) is 8.92. The molecule has 1 amide bonds. The molecule has 0 unspecified atom stereocenters. The average molecular weight is 624 g/mol. The molecule has 230 valence electrons. The van der Waals surface area contributed by atoms with Crippen LogP contribution < -0.4 is 10.2 Å². The fourth-order valence-electron chi connectivity index (χ4n) is 5.80. The van der Waals surface area contributed by atoms with E-state index in [0.717, 1.165) is 17.5 Å². The molecular weight excluding hydrogens is 592 g/mol. The highest BCUT2D eigenvalue weighted by Crippen LogP contribution is 2.46. The molecular formula is C30H31F2N7O4S. The molecule has 4 aromatic rings. The zero-order chi connectivity index (χ0) is 31.5. The first kappa shape index (κ1) is 30.0. The van der Waals surface area contributed by atoms with Gasteiger partial charge in [-0.1, -0.05) is 0 Å². The van der Waals surface area contributed by atoms with Gasteiger partial charge in [0, 0.05) is 42.7 Å². The summed E-state index contributed by atoms with van der Waals surface area (Å²) in [5, 5.41) is 13.4. The number of anilines is 2. The van der Waals surface area contributed by atoms with Gasteiger partial charge in [0.1, 0.15) is 22.2 Å². The van der Waals surface area contributed by atoms with E-state index in [0.29, 0.717) is 35.6 Å². The quantitative estimate of drug-likeness (QED) is 0.317. The van der Waals surface area contributed by atoms with E-state index in [2.05, 4.69) is 25.2 Å². The summed E-state index contributed by atoms with van der Waals surface area (Å²) in [7, 11) is 5.61. The predicted octanol–water partition coefficient (Wildman–Crippen LogP) is 5.20. The van der Waals surface area contributed by atoms with Crippen molar-refractivity contribution >= 4 is 49.4 Å². The first-order valence-corrected chi connectivity index (χ1v) is 14.8. The van der Waals surface area contributed by atoms with Crippen LogP contribution in [0.2, 0.25) is 0 Å². The summed E-state index contributed by atoms with van der Waals surface area (Å²) in [6, 6.07) is 2.14. The first-order chi connectivity index (χ1) is 20.9. The summed E-state index contributed by atoms with van der Waals surface area (Å²) < 4.78 is 48.7. The molecule has 0 aliphatic carbocycles. The van der Waals surface area contributed by atoms with Gasteiger partial charge in [0.05, 0.1) is 47.5 Å². The fourth-order valence-corrected chi connectivity index (χ4v) is 6.84. The Morgan fingerprint density at radius 1 is 1.20 bits per heavy atom. The second-order valence-electron chi connectivity index (χ2n) is 12.0. The zero-order valence-electron chi connectivity index (χ0n) is 25.1. The van der Waals surface area contributed by atoms with Gasteiger partial charge in [-0.05, 0) is 46.0 Å². The summed E-state index contributed by atoms with van der Waals surface area (Å²) in [5.41, 5.74) is 0.569. The molecule has 14 heteroatoms. The standard InChI is InChI=1S/C30H31F2N7O4S/c1-30(2,3)43-29(40)37-27-14(7-33)22-25(34-9-18(31)26(22)44-27)21-17-13-42-12-16(17)15-8-35-28(36-24(15)23(21)32)39-10-19(38(4)5)20(11-39)41-6/h8-9,19-20H,10-13H2,1-6H3,(H,37,40)/t19-,20+/m1/s1. The number of benzene rings is 1. The fraction of sp³-hybridized carbons (Fsp3) is 0.433. The van der Waals surface area contributed by atoms with E-state index < -0.39 is 23.3 Å². The number of carbonyl (C=O) groups is 1. The molecule has 1 aromatic carbocycles. The lowest BCUT2D eigenvalue weighted by molar-refractivity contribution is 0.0634. The van der Waals surface area contributed by atoms with Crippen LogP contribution in [0.1, 0.15) is 37.5 Å². The summed E-state index contributed by atoms with van der Waals surface area (Å²) in [5.74, 6) is -1.04. The van der Waals surface area contributed by atoms with Crippen molar-refractivity contribution < 1.29 is 27.8 Å². The minimum atomic E-state index is -0.806. The number of thiophene rings is 1. The van der Waals surface area contributed by atoms with Gasteiger partial charge in [-0.3, -0.25) is 10.3 Å². The van der Waals surface area contributed by atoms with Crippen molar-refractivity contribution in [3.8, 4) is 17.3 Å². The number of nitriles is 1. The van der Waals surface area contributed by atoms with Gasteiger partial charge in [-0.15, -0.1) is 11.3 Å². The Bertz CT molecular complexity index is 1850. The Hall–Kier alpha value is -4.03. The molecule has 2 aliphatic rings. The van der Waals surface area contributed by atoms with Crippen molar-refractivity contribution in [2.75, 3.05) is 44.5 Å². The van der Waals surface area contributed by atoms with Crippen molar-refractivity contribution in [2.24, 2.45) is 0 Å². The van der Waals surface area contributed by atoms with Crippen molar-refractivity contribution in [3.63, 3.8) is 0 Å². The van der Waals surface area contributed by atoms with Gasteiger partial charge < -0.3 is 24.0 Å². The van der Waals surface area contributed by atoms with Gasteiger partial charge in [0.2, 0.25) is 5.95 Å². The van der Waals surface area contributed by atoms with Gasteiger partial charge in [-0.25, -0.2) is 23.5 Å². The maximum atomic E-state index is 16.8. The van der Waals surface area contributed by atoms with E-state index in [9.17, 15) is 10.1 Å². The van der Waals surface area contributed by atoms with E-state index in [1.165, 1.54) is 0 Å². The number of hydrogen-bond acceptors (Lipinski definition) is 11. The molecule has 2 aliphatic heterocycles. The molecule has 5 heterocycles. The van der Waals surface area contributed by atoms with Crippen LogP contribution in [0.5, 0.6) is 0 Å². The van der Waals surface area contributed by atoms with Crippen LogP contribution in [0.15, 0.2) is 12.4 Å². The molecule has 2 atom stereocenters. The number of amides is 1. The predicted molar refractivity (Wildman–Crippen MR) is 162 cm³/mol. The van der Waals surface area contributed by atoms with Gasteiger partial charge >= 0.3 is 6.09 Å². The van der Waals surface area contributed by atoms with Crippen LogP contribution in [0, 0.1) is 23.0 Å². The Morgan fingerprint density at radius 3 is 2.61 bits per heavy atom. The molecule has 11 nitrogen and oxygen atoms in total. The van der Waals surface area contributed by atoms with Crippen LogP contribution in [-0.4, -0.2) is 78.0 Å². The largest absolute Gasteiger partial charge is 0.444 e. The maximum absolute atomic E-state index is 16.8. The van der Waals surface area contributed by atoms with Gasteiger partial charge in [0.25, 0.3) is 0 Å². The molecule has 1 fully saturated rings. The van der Waals surface area contributed by atoms with Crippen molar-refractivity contribution in [1.82, 2.24) is 19.9 Å². The lowest BCUT2D eigenvalue weighted by Crippen LogP contribution is -2.39. The van der Waals surface area contributed by atoms with Crippen molar-refractivity contribution in [3.05, 3.63) is 40.7 Å². The van der Waals surface area contributed by atoms with Crippen LogP contribution in [0.3, 0.4) is 0 Å². The maximum Gasteiger partial charge on any atom is 0.412 e. The third-order valence-electron chi connectivity index (χ3n) is 7.81. The van der Waals surface area contributed by atoms with E-state index >= 15 is 8.78 Å². The second-order valence-corrected chi connectivity index (χ2v) is 13.0. The van der Waals surface area contributed by atoms with Crippen molar-refractivity contribution in [1.29, 1.82) is 5.26 Å². The highest BCUT2D eigenvalue weighted by atomic mass is 32.1. The number of aromatic nitrogens is 3. The number of halogens is 2. The minimum Gasteiger partial charge on any atom is -0.444 e. The molecule has 0 bridgehead atoms. The molecule has 6 rings (SSSR count). The van der Waals surface area contributed by atoms with Gasteiger partial charge in [-0.2, -0.15) is 5.26 Å². The summed E-state index contributed by atoms with van der Waals surface area (Å²) in [4.78, 5) is 30.1. The highest BCUT2D eigenvalue weighted by molar-refractivity contribution is 7.23. The first-order valence-electron chi connectivity index (χ1n) is 13.9. The monoisotopic (exact) mass is 623 g/mol. The number of methoxy groups -OCH3 is 1. The molecule has 44 heavy (non-hydrogen) atoms. The lowest BCUT2D eigenvalue weighted by atomic mass is 9.94.